The Balaban J connectivity index is 1.65. The number of carbonyl (C=O) groups is 1. The van der Waals surface area contributed by atoms with Gasteiger partial charge in [-0.25, -0.2) is 0 Å². The second-order valence-electron chi connectivity index (χ2n) is 9.06. The zero-order valence-corrected chi connectivity index (χ0v) is 19.1. The van der Waals surface area contributed by atoms with Crippen LogP contribution in [0.1, 0.15) is 53.6 Å². The molecule has 1 N–H and O–H groups in total. The van der Waals surface area contributed by atoms with Gasteiger partial charge >= 0.3 is 0 Å². The quantitative estimate of drug-likeness (QED) is 0.635. The van der Waals surface area contributed by atoms with Crippen molar-refractivity contribution < 1.29 is 4.79 Å². The summed E-state index contributed by atoms with van der Waals surface area (Å²) in [7, 11) is 3.97. The molecule has 5 rings (SSSR count). The summed E-state index contributed by atoms with van der Waals surface area (Å²) in [6, 6.07) is 9.38. The molecule has 162 valence electrons. The molecule has 1 saturated heterocycles. The lowest BCUT2D eigenvalue weighted by Crippen LogP contribution is -2.35. The third-order valence-electron chi connectivity index (χ3n) is 7.40. The van der Waals surface area contributed by atoms with E-state index in [-0.39, 0.29) is 11.8 Å². The molecule has 31 heavy (non-hydrogen) atoms. The van der Waals surface area contributed by atoms with Crippen molar-refractivity contribution in [2.24, 2.45) is 0 Å². The number of aryl methyl sites for hydroxylation is 1. The zero-order chi connectivity index (χ0) is 21.7. The number of hydrogen-bond acceptors (Lipinski definition) is 3. The molecule has 0 saturated carbocycles. The number of benzene rings is 1. The summed E-state index contributed by atoms with van der Waals surface area (Å²) in [5, 5.41) is 4.86. The van der Waals surface area contributed by atoms with Gasteiger partial charge in [-0.15, -0.1) is 0 Å². The maximum Gasteiger partial charge on any atom is 0.220 e. The SMILES string of the molecule is CNC(=O)CC(Cn1c2c(c3cc(Cl)ccc31)C1CCC(C2)N1C)c1ccncc1C. The van der Waals surface area contributed by atoms with Crippen LogP contribution in [0.4, 0.5) is 0 Å². The standard InChI is InChI=1S/C25H29ClN4O/c1-15-13-28-9-8-19(15)16(10-24(31)27-2)14-30-21-6-4-17(26)11-20(21)25-22-7-5-18(29(22)3)12-23(25)30/h4,6,8-9,11,13,16,18,22H,5,7,10,12,14H2,1-3H3,(H,27,31). The van der Waals surface area contributed by atoms with E-state index in [4.69, 9.17) is 11.6 Å². The fraction of sp³-hybridized carbons (Fsp3) is 0.440. The third-order valence-corrected chi connectivity index (χ3v) is 7.63. The Morgan fingerprint density at radius 3 is 2.94 bits per heavy atom. The van der Waals surface area contributed by atoms with Crippen molar-refractivity contribution in [3.63, 3.8) is 0 Å². The Hall–Kier alpha value is -2.37. The van der Waals surface area contributed by atoms with E-state index in [1.54, 1.807) is 7.05 Å². The van der Waals surface area contributed by atoms with Crippen LogP contribution in [0.15, 0.2) is 36.7 Å². The van der Waals surface area contributed by atoms with Gasteiger partial charge in [-0.1, -0.05) is 11.6 Å². The van der Waals surface area contributed by atoms with Crippen LogP contribution in [0, 0.1) is 6.92 Å². The number of nitrogens with one attached hydrogen (secondary N) is 1. The fourth-order valence-electron chi connectivity index (χ4n) is 5.80. The van der Waals surface area contributed by atoms with Crippen molar-refractivity contribution in [1.82, 2.24) is 19.8 Å². The van der Waals surface area contributed by atoms with Crippen LogP contribution in [-0.2, 0) is 17.8 Å². The first-order valence-corrected chi connectivity index (χ1v) is 11.5. The zero-order valence-electron chi connectivity index (χ0n) is 18.4. The predicted octanol–water partition coefficient (Wildman–Crippen LogP) is 4.61. The molecule has 6 heteroatoms. The number of carbonyl (C=O) groups excluding carboxylic acids is 1. The first-order chi connectivity index (χ1) is 15.0. The van der Waals surface area contributed by atoms with E-state index in [1.807, 2.05) is 18.5 Å². The molecule has 1 aromatic carbocycles. The summed E-state index contributed by atoms with van der Waals surface area (Å²) in [5.74, 6) is 0.144. The summed E-state index contributed by atoms with van der Waals surface area (Å²) in [6.45, 7) is 2.85. The average Bonchev–Trinajstić information content (AvgIpc) is 3.17. The van der Waals surface area contributed by atoms with Crippen molar-refractivity contribution in [2.45, 2.75) is 57.2 Å². The molecule has 0 spiro atoms. The Morgan fingerprint density at radius 1 is 1.32 bits per heavy atom. The van der Waals surface area contributed by atoms with E-state index < -0.39 is 0 Å². The minimum Gasteiger partial charge on any atom is -0.359 e. The molecule has 3 atom stereocenters. The van der Waals surface area contributed by atoms with Crippen LogP contribution in [0.2, 0.25) is 5.02 Å². The highest BCUT2D eigenvalue weighted by molar-refractivity contribution is 6.31. The number of pyridine rings is 1. The summed E-state index contributed by atoms with van der Waals surface area (Å²) >= 11 is 6.44. The fourth-order valence-corrected chi connectivity index (χ4v) is 5.97. The molecule has 3 aromatic rings. The third kappa shape index (κ3) is 3.44. The molecule has 4 heterocycles. The van der Waals surface area contributed by atoms with Crippen molar-refractivity contribution in [3.05, 3.63) is 64.1 Å². The van der Waals surface area contributed by atoms with Crippen LogP contribution in [-0.4, -0.2) is 40.5 Å². The molecular weight excluding hydrogens is 408 g/mol. The normalized spacial score (nSPS) is 21.3. The number of rotatable bonds is 5. The van der Waals surface area contributed by atoms with Crippen LogP contribution >= 0.6 is 11.6 Å². The number of halogens is 1. The summed E-state index contributed by atoms with van der Waals surface area (Å²) < 4.78 is 2.48. The predicted molar refractivity (Wildman–Crippen MR) is 125 cm³/mol. The molecule has 5 nitrogen and oxygen atoms in total. The van der Waals surface area contributed by atoms with E-state index in [2.05, 4.69) is 51.9 Å². The monoisotopic (exact) mass is 436 g/mol. The van der Waals surface area contributed by atoms with E-state index in [9.17, 15) is 4.79 Å². The Labute approximate surface area is 188 Å². The number of likely N-dealkylation sites (N-methyl/N-ethyl adjacent to an activating group) is 1. The molecular formula is C25H29ClN4O. The lowest BCUT2D eigenvalue weighted by Gasteiger charge is -2.33. The van der Waals surface area contributed by atoms with Crippen molar-refractivity contribution in [2.75, 3.05) is 14.1 Å². The van der Waals surface area contributed by atoms with Gasteiger partial charge in [0.1, 0.15) is 0 Å². The van der Waals surface area contributed by atoms with Gasteiger partial charge in [-0.3, -0.25) is 14.7 Å². The van der Waals surface area contributed by atoms with E-state index in [0.29, 0.717) is 18.5 Å². The van der Waals surface area contributed by atoms with Crippen LogP contribution < -0.4 is 5.32 Å². The smallest absolute Gasteiger partial charge is 0.220 e. The summed E-state index contributed by atoms with van der Waals surface area (Å²) in [5.41, 5.74) is 6.42. The average molecular weight is 437 g/mol. The first kappa shape index (κ1) is 20.5. The Morgan fingerprint density at radius 2 is 2.16 bits per heavy atom. The van der Waals surface area contributed by atoms with Gasteiger partial charge in [0.25, 0.3) is 0 Å². The summed E-state index contributed by atoms with van der Waals surface area (Å²) in [6.07, 6.45) is 7.67. The number of aromatic nitrogens is 2. The molecule has 0 radical (unpaired) electrons. The second-order valence-corrected chi connectivity index (χ2v) is 9.49. The number of nitrogens with zero attached hydrogens (tertiary/aromatic N) is 3. The molecule has 2 aliphatic heterocycles. The molecule has 1 fully saturated rings. The van der Waals surface area contributed by atoms with Crippen LogP contribution in [0.5, 0.6) is 0 Å². The highest BCUT2D eigenvalue weighted by Crippen LogP contribution is 2.47. The lowest BCUT2D eigenvalue weighted by molar-refractivity contribution is -0.121. The largest absolute Gasteiger partial charge is 0.359 e. The highest BCUT2D eigenvalue weighted by Gasteiger charge is 2.41. The van der Waals surface area contributed by atoms with Gasteiger partial charge in [0.15, 0.2) is 0 Å². The molecule has 1 amide bonds. The van der Waals surface area contributed by atoms with Gasteiger partial charge in [0.05, 0.1) is 0 Å². The first-order valence-electron chi connectivity index (χ1n) is 11.1. The minimum atomic E-state index is 0.0642. The van der Waals surface area contributed by atoms with E-state index in [1.165, 1.54) is 40.6 Å². The number of amides is 1. The minimum absolute atomic E-state index is 0.0642. The van der Waals surface area contributed by atoms with Crippen LogP contribution in [0.3, 0.4) is 0 Å². The lowest BCUT2D eigenvalue weighted by atomic mass is 9.92. The van der Waals surface area contributed by atoms with Gasteiger partial charge in [0, 0.05) is 78.4 Å². The van der Waals surface area contributed by atoms with Gasteiger partial charge < -0.3 is 9.88 Å². The molecule has 2 aromatic heterocycles. The topological polar surface area (TPSA) is 50.2 Å². The molecule has 2 aliphatic rings. The Bertz CT molecular complexity index is 1150. The second kappa shape index (κ2) is 7.95. The van der Waals surface area contributed by atoms with Gasteiger partial charge in [-0.05, 0) is 67.8 Å². The van der Waals surface area contributed by atoms with Gasteiger partial charge in [-0.2, -0.15) is 0 Å². The maximum absolute atomic E-state index is 12.4. The molecule has 0 aliphatic carbocycles. The van der Waals surface area contributed by atoms with Crippen molar-refractivity contribution in [1.29, 1.82) is 0 Å². The van der Waals surface area contributed by atoms with Gasteiger partial charge in [0.2, 0.25) is 5.91 Å². The van der Waals surface area contributed by atoms with E-state index in [0.717, 1.165) is 23.6 Å². The summed E-state index contributed by atoms with van der Waals surface area (Å²) in [4.78, 5) is 19.2. The molecule has 2 bridgehead atoms. The Kier molecular flexibility index (Phi) is 5.27. The van der Waals surface area contributed by atoms with E-state index >= 15 is 0 Å². The number of hydrogen-bond donors (Lipinski definition) is 1. The maximum atomic E-state index is 12.4. The molecule has 3 unspecified atom stereocenters. The number of fused-ring (bicyclic) bond motifs is 6. The highest BCUT2D eigenvalue weighted by atomic mass is 35.5. The van der Waals surface area contributed by atoms with Crippen molar-refractivity contribution >= 4 is 28.4 Å². The van der Waals surface area contributed by atoms with Crippen molar-refractivity contribution in [3.8, 4) is 0 Å². The van der Waals surface area contributed by atoms with Crippen LogP contribution in [0.25, 0.3) is 10.9 Å².